The van der Waals surface area contributed by atoms with Crippen LogP contribution in [0, 0.1) is 30.6 Å². The molecule has 0 spiro atoms. The molecule has 19 heavy (non-hydrogen) atoms. The fourth-order valence-corrected chi connectivity index (χ4v) is 5.01. The lowest BCUT2D eigenvalue weighted by Gasteiger charge is -2.54. The number of carbonyl (C=O) groups excluding carboxylic acids is 1. The smallest absolute Gasteiger partial charge is 0.255 e. The van der Waals surface area contributed by atoms with Crippen molar-refractivity contribution in [1.82, 2.24) is 5.32 Å². The molecular formula is C16H21NO2. The molecule has 0 radical (unpaired) electrons. The van der Waals surface area contributed by atoms with Crippen molar-refractivity contribution in [3.63, 3.8) is 0 Å². The number of aryl methyl sites for hydroxylation is 1. The van der Waals surface area contributed by atoms with Gasteiger partial charge in [-0.3, -0.25) is 4.79 Å². The van der Waals surface area contributed by atoms with Crippen LogP contribution < -0.4 is 5.32 Å². The average Bonchev–Trinajstić information content (AvgIpc) is 2.79. The summed E-state index contributed by atoms with van der Waals surface area (Å²) in [5, 5.41) is 3.31. The second-order valence-electron chi connectivity index (χ2n) is 6.82. The van der Waals surface area contributed by atoms with Gasteiger partial charge in [0, 0.05) is 6.04 Å². The molecule has 0 saturated heterocycles. The van der Waals surface area contributed by atoms with E-state index in [1.807, 2.05) is 6.92 Å². The lowest BCUT2D eigenvalue weighted by molar-refractivity contribution is -0.0119. The molecular weight excluding hydrogens is 238 g/mol. The molecule has 4 bridgehead atoms. The van der Waals surface area contributed by atoms with Crippen LogP contribution in [0.1, 0.15) is 48.2 Å². The summed E-state index contributed by atoms with van der Waals surface area (Å²) in [5.74, 6) is 4.14. The van der Waals surface area contributed by atoms with Crippen LogP contribution in [-0.4, -0.2) is 11.9 Å². The first kappa shape index (κ1) is 11.6. The van der Waals surface area contributed by atoms with Gasteiger partial charge < -0.3 is 9.73 Å². The van der Waals surface area contributed by atoms with Crippen LogP contribution in [-0.2, 0) is 0 Å². The zero-order chi connectivity index (χ0) is 13.0. The Morgan fingerprint density at radius 3 is 2.32 bits per heavy atom. The van der Waals surface area contributed by atoms with Crippen molar-refractivity contribution in [2.24, 2.45) is 23.7 Å². The van der Waals surface area contributed by atoms with Crippen molar-refractivity contribution in [3.05, 3.63) is 23.7 Å². The van der Waals surface area contributed by atoms with Crippen molar-refractivity contribution in [2.75, 3.05) is 0 Å². The maximum Gasteiger partial charge on any atom is 0.255 e. The van der Waals surface area contributed by atoms with Crippen LogP contribution in [0.5, 0.6) is 0 Å². The van der Waals surface area contributed by atoms with Gasteiger partial charge in [0.25, 0.3) is 5.91 Å². The number of amides is 1. The molecule has 3 heteroatoms. The van der Waals surface area contributed by atoms with E-state index in [1.165, 1.54) is 32.1 Å². The quantitative estimate of drug-likeness (QED) is 0.886. The van der Waals surface area contributed by atoms with Gasteiger partial charge in [0.15, 0.2) is 0 Å². The second-order valence-corrected chi connectivity index (χ2v) is 6.82. The number of hydrogen-bond acceptors (Lipinski definition) is 2. The SMILES string of the molecule is Cc1occc1C(=O)NC1C2CC3CC(C2)CC1C3. The van der Waals surface area contributed by atoms with Gasteiger partial charge in [-0.25, -0.2) is 0 Å². The van der Waals surface area contributed by atoms with E-state index < -0.39 is 0 Å². The highest BCUT2D eigenvalue weighted by molar-refractivity contribution is 5.95. The summed E-state index contributed by atoms with van der Waals surface area (Å²) in [6.45, 7) is 1.85. The van der Waals surface area contributed by atoms with E-state index in [4.69, 9.17) is 4.42 Å². The van der Waals surface area contributed by atoms with Crippen LogP contribution in [0.2, 0.25) is 0 Å². The lowest BCUT2D eigenvalue weighted by Crippen LogP contribution is -2.55. The number of carbonyl (C=O) groups is 1. The summed E-state index contributed by atoms with van der Waals surface area (Å²) in [5.41, 5.74) is 0.703. The molecule has 1 aromatic rings. The van der Waals surface area contributed by atoms with Gasteiger partial charge in [-0.1, -0.05) is 0 Å². The van der Waals surface area contributed by atoms with Gasteiger partial charge in [-0.2, -0.15) is 0 Å². The predicted octanol–water partition coefficient (Wildman–Crippen LogP) is 3.14. The molecule has 1 heterocycles. The van der Waals surface area contributed by atoms with Gasteiger partial charge in [-0.15, -0.1) is 0 Å². The second kappa shape index (κ2) is 4.12. The first-order valence-electron chi connectivity index (χ1n) is 7.55. The Labute approximate surface area is 113 Å². The molecule has 1 N–H and O–H groups in total. The third kappa shape index (κ3) is 1.82. The summed E-state index contributed by atoms with van der Waals surface area (Å²) < 4.78 is 5.23. The number of furan rings is 1. The molecule has 0 unspecified atom stereocenters. The summed E-state index contributed by atoms with van der Waals surface area (Å²) in [7, 11) is 0. The number of nitrogens with one attached hydrogen (secondary N) is 1. The van der Waals surface area contributed by atoms with Crippen LogP contribution in [0.4, 0.5) is 0 Å². The fourth-order valence-electron chi connectivity index (χ4n) is 5.01. The topological polar surface area (TPSA) is 42.2 Å². The summed E-state index contributed by atoms with van der Waals surface area (Å²) in [6.07, 6.45) is 8.39. The summed E-state index contributed by atoms with van der Waals surface area (Å²) in [6, 6.07) is 2.19. The monoisotopic (exact) mass is 259 g/mol. The zero-order valence-corrected chi connectivity index (χ0v) is 11.4. The van der Waals surface area contributed by atoms with E-state index in [-0.39, 0.29) is 5.91 Å². The lowest BCUT2D eigenvalue weighted by atomic mass is 9.54. The minimum Gasteiger partial charge on any atom is -0.469 e. The standard InChI is InChI=1S/C16H21NO2/c1-9-14(2-3-19-9)16(18)17-15-12-5-10-4-11(7-12)8-13(15)6-10/h2-3,10-13,15H,4-8H2,1H3,(H,17,18). The van der Waals surface area contributed by atoms with E-state index in [2.05, 4.69) is 5.32 Å². The molecule has 1 amide bonds. The largest absolute Gasteiger partial charge is 0.469 e. The Kier molecular flexibility index (Phi) is 2.51. The first-order chi connectivity index (χ1) is 9.20. The van der Waals surface area contributed by atoms with Gasteiger partial charge in [0.05, 0.1) is 11.8 Å². The highest BCUT2D eigenvalue weighted by atomic mass is 16.3. The molecule has 4 fully saturated rings. The molecule has 4 aliphatic carbocycles. The van der Waals surface area contributed by atoms with Gasteiger partial charge in [0.1, 0.15) is 5.76 Å². The first-order valence-corrected chi connectivity index (χ1v) is 7.55. The van der Waals surface area contributed by atoms with Crippen molar-refractivity contribution in [3.8, 4) is 0 Å². The van der Waals surface area contributed by atoms with Gasteiger partial charge in [0.2, 0.25) is 0 Å². The van der Waals surface area contributed by atoms with Crippen molar-refractivity contribution in [2.45, 2.75) is 45.1 Å². The molecule has 4 aliphatic rings. The van der Waals surface area contributed by atoms with E-state index in [9.17, 15) is 4.79 Å². The summed E-state index contributed by atoms with van der Waals surface area (Å²) in [4.78, 5) is 12.3. The Hall–Kier alpha value is -1.25. The van der Waals surface area contributed by atoms with Crippen molar-refractivity contribution >= 4 is 5.91 Å². The minimum atomic E-state index is 0.0590. The maximum atomic E-state index is 12.3. The van der Waals surface area contributed by atoms with E-state index in [1.54, 1.807) is 12.3 Å². The van der Waals surface area contributed by atoms with E-state index in [0.717, 1.165) is 29.4 Å². The molecule has 0 atom stereocenters. The molecule has 0 aliphatic heterocycles. The highest BCUT2D eigenvalue weighted by Crippen LogP contribution is 2.53. The minimum absolute atomic E-state index is 0.0590. The predicted molar refractivity (Wildman–Crippen MR) is 71.7 cm³/mol. The van der Waals surface area contributed by atoms with Crippen molar-refractivity contribution in [1.29, 1.82) is 0 Å². The summed E-state index contributed by atoms with van der Waals surface area (Å²) >= 11 is 0. The Balaban J connectivity index is 1.51. The van der Waals surface area contributed by atoms with E-state index in [0.29, 0.717) is 11.6 Å². The Morgan fingerprint density at radius 1 is 1.16 bits per heavy atom. The van der Waals surface area contributed by atoms with E-state index >= 15 is 0 Å². The van der Waals surface area contributed by atoms with Crippen LogP contribution in [0.15, 0.2) is 16.7 Å². The zero-order valence-electron chi connectivity index (χ0n) is 11.4. The molecule has 4 saturated carbocycles. The number of hydrogen-bond donors (Lipinski definition) is 1. The van der Waals surface area contributed by atoms with Crippen LogP contribution >= 0.6 is 0 Å². The fraction of sp³-hybridized carbons (Fsp3) is 0.688. The van der Waals surface area contributed by atoms with Gasteiger partial charge >= 0.3 is 0 Å². The van der Waals surface area contributed by atoms with Gasteiger partial charge in [-0.05, 0) is 68.8 Å². The third-order valence-corrected chi connectivity index (χ3v) is 5.63. The third-order valence-electron chi connectivity index (χ3n) is 5.63. The Bertz CT molecular complexity index is 477. The highest BCUT2D eigenvalue weighted by Gasteiger charge is 2.48. The molecule has 102 valence electrons. The van der Waals surface area contributed by atoms with Crippen LogP contribution in [0.3, 0.4) is 0 Å². The normalized spacial score (nSPS) is 39.5. The molecule has 1 aromatic heterocycles. The maximum absolute atomic E-state index is 12.3. The van der Waals surface area contributed by atoms with Crippen LogP contribution in [0.25, 0.3) is 0 Å². The number of rotatable bonds is 2. The molecule has 5 rings (SSSR count). The Morgan fingerprint density at radius 2 is 1.79 bits per heavy atom. The average molecular weight is 259 g/mol. The molecule has 0 aromatic carbocycles. The van der Waals surface area contributed by atoms with Crippen molar-refractivity contribution < 1.29 is 9.21 Å². The molecule has 3 nitrogen and oxygen atoms in total.